The molecule has 23 heavy (non-hydrogen) atoms. The zero-order chi connectivity index (χ0) is 16.1. The van der Waals surface area contributed by atoms with Crippen molar-refractivity contribution < 1.29 is 0 Å². The van der Waals surface area contributed by atoms with Gasteiger partial charge in [0.2, 0.25) is 0 Å². The highest BCUT2D eigenvalue weighted by Gasteiger charge is 2.06. The van der Waals surface area contributed by atoms with Gasteiger partial charge in [0.1, 0.15) is 0 Å². The molecule has 0 aromatic carbocycles. The van der Waals surface area contributed by atoms with Gasteiger partial charge in [0.05, 0.1) is 18.8 Å². The summed E-state index contributed by atoms with van der Waals surface area (Å²) >= 11 is 0. The predicted octanol–water partition coefficient (Wildman–Crippen LogP) is 1.30. The summed E-state index contributed by atoms with van der Waals surface area (Å²) in [7, 11) is 1.74. The second kappa shape index (κ2) is 6.87. The average Bonchev–Trinajstić information content (AvgIpc) is 3.00. The SMILES string of the molecule is CN=C(NCc1ncccc1C)NCc1nnc2ccccn12. The monoisotopic (exact) mass is 309 g/mol. The molecule has 0 amide bonds. The van der Waals surface area contributed by atoms with E-state index in [1.165, 1.54) is 0 Å². The summed E-state index contributed by atoms with van der Waals surface area (Å²) < 4.78 is 1.95. The largest absolute Gasteiger partial charge is 0.351 e. The fourth-order valence-electron chi connectivity index (χ4n) is 2.27. The van der Waals surface area contributed by atoms with Gasteiger partial charge in [-0.1, -0.05) is 12.1 Å². The smallest absolute Gasteiger partial charge is 0.191 e. The number of nitrogens with zero attached hydrogens (tertiary/aromatic N) is 5. The number of pyridine rings is 2. The molecule has 0 saturated heterocycles. The van der Waals surface area contributed by atoms with Crippen molar-refractivity contribution in [3.05, 3.63) is 59.8 Å². The van der Waals surface area contributed by atoms with Gasteiger partial charge < -0.3 is 10.6 Å². The van der Waals surface area contributed by atoms with Gasteiger partial charge >= 0.3 is 0 Å². The van der Waals surface area contributed by atoms with Crippen molar-refractivity contribution in [2.45, 2.75) is 20.0 Å². The summed E-state index contributed by atoms with van der Waals surface area (Å²) in [6, 6.07) is 9.80. The Morgan fingerprint density at radius 1 is 1.13 bits per heavy atom. The number of aliphatic imine (C=N–C) groups is 1. The molecule has 7 heteroatoms. The van der Waals surface area contributed by atoms with Crippen molar-refractivity contribution in [1.29, 1.82) is 0 Å². The molecule has 3 rings (SSSR count). The van der Waals surface area contributed by atoms with Gasteiger partial charge in [-0.2, -0.15) is 0 Å². The lowest BCUT2D eigenvalue weighted by Crippen LogP contribution is -2.37. The molecule has 2 N–H and O–H groups in total. The number of nitrogens with one attached hydrogen (secondary N) is 2. The van der Waals surface area contributed by atoms with Crippen molar-refractivity contribution in [1.82, 2.24) is 30.2 Å². The van der Waals surface area contributed by atoms with E-state index in [1.54, 1.807) is 13.2 Å². The van der Waals surface area contributed by atoms with Gasteiger partial charge in [0, 0.05) is 19.4 Å². The number of hydrogen-bond acceptors (Lipinski definition) is 4. The van der Waals surface area contributed by atoms with E-state index in [0.717, 1.165) is 22.7 Å². The lowest BCUT2D eigenvalue weighted by molar-refractivity contribution is 0.754. The van der Waals surface area contributed by atoms with Gasteiger partial charge in [-0.05, 0) is 30.7 Å². The molecule has 0 saturated carbocycles. The first-order chi connectivity index (χ1) is 11.3. The third-order valence-electron chi connectivity index (χ3n) is 3.56. The molecule has 118 valence electrons. The van der Waals surface area contributed by atoms with Crippen LogP contribution >= 0.6 is 0 Å². The lowest BCUT2D eigenvalue weighted by atomic mass is 10.2. The summed E-state index contributed by atoms with van der Waals surface area (Å²) in [6.45, 7) is 3.20. The Morgan fingerprint density at radius 3 is 2.83 bits per heavy atom. The van der Waals surface area contributed by atoms with Crippen LogP contribution in [-0.4, -0.2) is 32.6 Å². The number of guanidine groups is 1. The van der Waals surface area contributed by atoms with E-state index in [1.807, 2.05) is 47.9 Å². The Balaban J connectivity index is 1.61. The van der Waals surface area contributed by atoms with Gasteiger partial charge in [0.25, 0.3) is 0 Å². The van der Waals surface area contributed by atoms with E-state index in [4.69, 9.17) is 0 Å². The Bertz CT molecular complexity index is 822. The molecule has 7 nitrogen and oxygen atoms in total. The van der Waals surface area contributed by atoms with Crippen LogP contribution < -0.4 is 10.6 Å². The third-order valence-corrected chi connectivity index (χ3v) is 3.56. The summed E-state index contributed by atoms with van der Waals surface area (Å²) in [5.74, 6) is 1.53. The van der Waals surface area contributed by atoms with Crippen LogP contribution in [0.4, 0.5) is 0 Å². The molecule has 3 aromatic heterocycles. The first-order valence-corrected chi connectivity index (χ1v) is 7.41. The molecular formula is C16H19N7. The number of rotatable bonds is 4. The minimum atomic E-state index is 0.534. The maximum atomic E-state index is 4.36. The molecule has 0 aliphatic heterocycles. The number of hydrogen-bond donors (Lipinski definition) is 2. The topological polar surface area (TPSA) is 79.5 Å². The molecule has 0 aliphatic rings. The highest BCUT2D eigenvalue weighted by atomic mass is 15.3. The van der Waals surface area contributed by atoms with E-state index < -0.39 is 0 Å². The highest BCUT2D eigenvalue weighted by Crippen LogP contribution is 2.03. The van der Waals surface area contributed by atoms with Crippen molar-refractivity contribution in [3.63, 3.8) is 0 Å². The average molecular weight is 309 g/mol. The quantitative estimate of drug-likeness (QED) is 0.561. The van der Waals surface area contributed by atoms with Crippen LogP contribution in [0.25, 0.3) is 5.65 Å². The zero-order valence-corrected chi connectivity index (χ0v) is 13.2. The Labute approximate surface area is 134 Å². The van der Waals surface area contributed by atoms with Crippen molar-refractivity contribution in [2.24, 2.45) is 4.99 Å². The van der Waals surface area contributed by atoms with Crippen LogP contribution in [0.1, 0.15) is 17.1 Å². The van der Waals surface area contributed by atoms with E-state index in [-0.39, 0.29) is 0 Å². The fourth-order valence-corrected chi connectivity index (χ4v) is 2.27. The third kappa shape index (κ3) is 3.45. The van der Waals surface area contributed by atoms with Crippen LogP contribution in [0.2, 0.25) is 0 Å². The minimum Gasteiger partial charge on any atom is -0.351 e. The summed E-state index contributed by atoms with van der Waals surface area (Å²) in [6.07, 6.45) is 3.74. The first-order valence-electron chi connectivity index (χ1n) is 7.41. The van der Waals surface area contributed by atoms with Crippen LogP contribution in [0.3, 0.4) is 0 Å². The number of aromatic nitrogens is 4. The highest BCUT2D eigenvalue weighted by molar-refractivity contribution is 5.79. The van der Waals surface area contributed by atoms with E-state index in [0.29, 0.717) is 19.0 Å². The van der Waals surface area contributed by atoms with Gasteiger partial charge in [0.15, 0.2) is 17.4 Å². The van der Waals surface area contributed by atoms with Gasteiger partial charge in [-0.3, -0.25) is 14.4 Å². The predicted molar refractivity (Wildman–Crippen MR) is 89.0 cm³/mol. The second-order valence-corrected chi connectivity index (χ2v) is 5.09. The molecule has 0 fully saturated rings. The maximum Gasteiger partial charge on any atom is 0.191 e. The van der Waals surface area contributed by atoms with Crippen LogP contribution in [0.15, 0.2) is 47.7 Å². The van der Waals surface area contributed by atoms with E-state index in [9.17, 15) is 0 Å². The maximum absolute atomic E-state index is 4.36. The van der Waals surface area contributed by atoms with Crippen LogP contribution in [0, 0.1) is 6.92 Å². The molecule has 0 unspecified atom stereocenters. The summed E-state index contributed by atoms with van der Waals surface area (Å²) in [5, 5.41) is 14.8. The Morgan fingerprint density at radius 2 is 2.00 bits per heavy atom. The van der Waals surface area contributed by atoms with E-state index >= 15 is 0 Å². The van der Waals surface area contributed by atoms with Crippen molar-refractivity contribution >= 4 is 11.6 Å². The molecule has 3 aromatic rings. The summed E-state index contributed by atoms with van der Waals surface area (Å²) in [5.41, 5.74) is 2.98. The molecule has 3 heterocycles. The van der Waals surface area contributed by atoms with Crippen LogP contribution in [0.5, 0.6) is 0 Å². The van der Waals surface area contributed by atoms with Crippen molar-refractivity contribution in [2.75, 3.05) is 7.05 Å². The normalized spacial score (nSPS) is 11.7. The minimum absolute atomic E-state index is 0.534. The van der Waals surface area contributed by atoms with Crippen molar-refractivity contribution in [3.8, 4) is 0 Å². The lowest BCUT2D eigenvalue weighted by Gasteiger charge is -2.12. The molecule has 0 spiro atoms. The first kappa shape index (κ1) is 15.0. The number of fused-ring (bicyclic) bond motifs is 1. The van der Waals surface area contributed by atoms with Crippen LogP contribution in [-0.2, 0) is 13.1 Å². The fraction of sp³-hybridized carbons (Fsp3) is 0.250. The molecule has 0 radical (unpaired) electrons. The van der Waals surface area contributed by atoms with Gasteiger partial charge in [-0.15, -0.1) is 10.2 Å². The standard InChI is InChI=1S/C16H19N7/c1-12-6-5-8-18-13(12)10-19-16(17-2)20-11-15-22-21-14-7-3-4-9-23(14)15/h3-9H,10-11H2,1-2H3,(H2,17,19,20). The number of aryl methyl sites for hydroxylation is 1. The Kier molecular flexibility index (Phi) is 4.46. The second-order valence-electron chi connectivity index (χ2n) is 5.09. The van der Waals surface area contributed by atoms with Gasteiger partial charge in [-0.25, -0.2) is 0 Å². The molecule has 0 atom stereocenters. The van der Waals surface area contributed by atoms with E-state index in [2.05, 4.69) is 30.8 Å². The summed E-state index contributed by atoms with van der Waals surface area (Å²) in [4.78, 5) is 8.59. The Hall–Kier alpha value is -2.96. The molecule has 0 bridgehead atoms. The zero-order valence-electron chi connectivity index (χ0n) is 13.2. The molecule has 0 aliphatic carbocycles. The molecular weight excluding hydrogens is 290 g/mol.